The molecule has 0 heterocycles. The molecule has 0 amide bonds. The van der Waals surface area contributed by atoms with E-state index < -0.39 is 0 Å². The second-order valence-electron chi connectivity index (χ2n) is 4.95. The number of ether oxygens (including phenoxy) is 1. The van der Waals surface area contributed by atoms with E-state index in [4.69, 9.17) is 9.84 Å². The quantitative estimate of drug-likeness (QED) is 0.674. The Morgan fingerprint density at radius 3 is 2.74 bits per heavy atom. The highest BCUT2D eigenvalue weighted by atomic mass is 16.5. The predicted molar refractivity (Wildman–Crippen MR) is 79.7 cm³/mol. The van der Waals surface area contributed by atoms with Gasteiger partial charge in [0.1, 0.15) is 5.75 Å². The third-order valence-electron chi connectivity index (χ3n) is 3.21. The highest BCUT2D eigenvalue weighted by Crippen LogP contribution is 2.26. The van der Waals surface area contributed by atoms with Gasteiger partial charge in [0.25, 0.3) is 0 Å². The molecule has 0 radical (unpaired) electrons. The molecule has 3 heteroatoms. The number of hydrogen-bond donors (Lipinski definition) is 2. The molecule has 1 atom stereocenters. The van der Waals surface area contributed by atoms with Gasteiger partial charge in [0.2, 0.25) is 0 Å². The van der Waals surface area contributed by atoms with Crippen LogP contribution in [0.15, 0.2) is 18.2 Å². The summed E-state index contributed by atoms with van der Waals surface area (Å²) in [4.78, 5) is 0. The van der Waals surface area contributed by atoms with Crippen molar-refractivity contribution < 1.29 is 9.84 Å². The number of rotatable bonds is 9. The second kappa shape index (κ2) is 8.94. The molecule has 1 aromatic rings. The molecular weight excluding hydrogens is 238 g/mol. The number of nitrogens with one attached hydrogen (secondary N) is 1. The van der Waals surface area contributed by atoms with Crippen LogP contribution in [-0.4, -0.2) is 24.9 Å². The summed E-state index contributed by atoms with van der Waals surface area (Å²) in [5.41, 5.74) is 2.44. The first-order chi connectivity index (χ1) is 9.19. The zero-order valence-electron chi connectivity index (χ0n) is 12.4. The van der Waals surface area contributed by atoms with Gasteiger partial charge in [-0.15, -0.1) is 0 Å². The van der Waals surface area contributed by atoms with Crippen molar-refractivity contribution in [2.45, 2.75) is 46.1 Å². The molecule has 0 bridgehead atoms. The van der Waals surface area contributed by atoms with E-state index in [2.05, 4.69) is 44.3 Å². The molecule has 0 fully saturated rings. The maximum Gasteiger partial charge on any atom is 0.124 e. The van der Waals surface area contributed by atoms with E-state index in [0.717, 1.165) is 38.2 Å². The van der Waals surface area contributed by atoms with Crippen molar-refractivity contribution in [1.82, 2.24) is 5.32 Å². The van der Waals surface area contributed by atoms with E-state index in [1.54, 1.807) is 0 Å². The first-order valence-corrected chi connectivity index (χ1v) is 7.26. The summed E-state index contributed by atoms with van der Waals surface area (Å²) in [7, 11) is 0. The molecule has 108 valence electrons. The molecule has 0 spiro atoms. The maximum atomic E-state index is 8.75. The lowest BCUT2D eigenvalue weighted by atomic mass is 10.0. The second-order valence-corrected chi connectivity index (χ2v) is 4.95. The molecule has 0 aliphatic carbocycles. The van der Waals surface area contributed by atoms with Crippen LogP contribution in [0.3, 0.4) is 0 Å². The predicted octanol–water partition coefficient (Wildman–Crippen LogP) is 3.21. The summed E-state index contributed by atoms with van der Waals surface area (Å²) >= 11 is 0. The van der Waals surface area contributed by atoms with E-state index in [-0.39, 0.29) is 6.61 Å². The molecule has 0 aromatic heterocycles. The SMILES string of the molecule is CCNC(C)c1ccc(C)cc1OCCCCCO. The summed E-state index contributed by atoms with van der Waals surface area (Å²) < 4.78 is 5.91. The van der Waals surface area contributed by atoms with Crippen molar-refractivity contribution in [3.8, 4) is 5.75 Å². The highest BCUT2D eigenvalue weighted by molar-refractivity contribution is 5.39. The minimum absolute atomic E-state index is 0.271. The van der Waals surface area contributed by atoms with Gasteiger partial charge < -0.3 is 15.2 Å². The molecule has 0 saturated carbocycles. The summed E-state index contributed by atoms with van der Waals surface area (Å²) in [6.45, 7) is 8.29. The van der Waals surface area contributed by atoms with Crippen LogP contribution in [0.4, 0.5) is 0 Å². The van der Waals surface area contributed by atoms with E-state index in [9.17, 15) is 0 Å². The van der Waals surface area contributed by atoms with Gasteiger partial charge in [-0.3, -0.25) is 0 Å². The van der Waals surface area contributed by atoms with Crippen LogP contribution in [0.5, 0.6) is 5.75 Å². The Bertz CT molecular complexity index is 366. The fraction of sp³-hybridized carbons (Fsp3) is 0.625. The normalized spacial score (nSPS) is 12.4. The van der Waals surface area contributed by atoms with Crippen molar-refractivity contribution >= 4 is 0 Å². The molecule has 0 aliphatic heterocycles. The van der Waals surface area contributed by atoms with Gasteiger partial charge in [-0.1, -0.05) is 19.1 Å². The fourth-order valence-electron chi connectivity index (χ4n) is 2.11. The smallest absolute Gasteiger partial charge is 0.124 e. The van der Waals surface area contributed by atoms with E-state index in [1.807, 2.05) is 0 Å². The van der Waals surface area contributed by atoms with Crippen molar-refractivity contribution in [1.29, 1.82) is 0 Å². The van der Waals surface area contributed by atoms with Crippen molar-refractivity contribution in [2.75, 3.05) is 19.8 Å². The Kier molecular flexibility index (Phi) is 7.53. The van der Waals surface area contributed by atoms with Crippen molar-refractivity contribution in [3.63, 3.8) is 0 Å². The van der Waals surface area contributed by atoms with Gasteiger partial charge >= 0.3 is 0 Å². The molecule has 0 saturated heterocycles. The number of unbranched alkanes of at least 4 members (excludes halogenated alkanes) is 2. The third-order valence-corrected chi connectivity index (χ3v) is 3.21. The van der Waals surface area contributed by atoms with E-state index >= 15 is 0 Å². The molecule has 1 unspecified atom stereocenters. The van der Waals surface area contributed by atoms with Crippen LogP contribution in [0.1, 0.15) is 50.3 Å². The number of benzene rings is 1. The minimum atomic E-state index is 0.271. The third kappa shape index (κ3) is 5.62. The first kappa shape index (κ1) is 16.0. The largest absolute Gasteiger partial charge is 0.493 e. The molecule has 2 N–H and O–H groups in total. The number of aliphatic hydroxyl groups excluding tert-OH is 1. The van der Waals surface area contributed by atoms with Crippen molar-refractivity contribution in [3.05, 3.63) is 29.3 Å². The molecule has 1 rings (SSSR count). The van der Waals surface area contributed by atoms with Gasteiger partial charge in [0.05, 0.1) is 6.61 Å². The van der Waals surface area contributed by atoms with Crippen LogP contribution in [0.2, 0.25) is 0 Å². The Balaban J connectivity index is 2.61. The summed E-state index contributed by atoms with van der Waals surface area (Å²) in [6.07, 6.45) is 2.86. The monoisotopic (exact) mass is 265 g/mol. The average Bonchev–Trinajstić information content (AvgIpc) is 2.39. The van der Waals surface area contributed by atoms with Gasteiger partial charge in [-0.2, -0.15) is 0 Å². The average molecular weight is 265 g/mol. The van der Waals surface area contributed by atoms with E-state index in [0.29, 0.717) is 6.04 Å². The summed E-state index contributed by atoms with van der Waals surface area (Å²) in [6, 6.07) is 6.68. The van der Waals surface area contributed by atoms with Gasteiger partial charge in [0.15, 0.2) is 0 Å². The molecule has 3 nitrogen and oxygen atoms in total. The lowest BCUT2D eigenvalue weighted by molar-refractivity contribution is 0.264. The zero-order valence-corrected chi connectivity index (χ0v) is 12.4. The number of aliphatic hydroxyl groups is 1. The topological polar surface area (TPSA) is 41.5 Å². The van der Waals surface area contributed by atoms with Crippen LogP contribution in [-0.2, 0) is 0 Å². The van der Waals surface area contributed by atoms with Gasteiger partial charge in [-0.25, -0.2) is 0 Å². The summed E-state index contributed by atoms with van der Waals surface area (Å²) in [5.74, 6) is 0.984. The fourth-order valence-corrected chi connectivity index (χ4v) is 2.11. The molecule has 1 aromatic carbocycles. The lowest BCUT2D eigenvalue weighted by Gasteiger charge is -2.18. The molecule has 19 heavy (non-hydrogen) atoms. The van der Waals surface area contributed by atoms with Crippen LogP contribution in [0.25, 0.3) is 0 Å². The lowest BCUT2D eigenvalue weighted by Crippen LogP contribution is -2.18. The van der Waals surface area contributed by atoms with Crippen LogP contribution in [0, 0.1) is 6.92 Å². The van der Waals surface area contributed by atoms with E-state index in [1.165, 1.54) is 11.1 Å². The molecule has 0 aliphatic rings. The van der Waals surface area contributed by atoms with Crippen LogP contribution < -0.4 is 10.1 Å². The maximum absolute atomic E-state index is 8.75. The molecular formula is C16H27NO2. The first-order valence-electron chi connectivity index (χ1n) is 7.26. The highest BCUT2D eigenvalue weighted by Gasteiger charge is 2.10. The Morgan fingerprint density at radius 2 is 2.05 bits per heavy atom. The van der Waals surface area contributed by atoms with Crippen molar-refractivity contribution in [2.24, 2.45) is 0 Å². The Hall–Kier alpha value is -1.06. The minimum Gasteiger partial charge on any atom is -0.493 e. The summed E-state index contributed by atoms with van der Waals surface area (Å²) in [5, 5.41) is 12.2. The van der Waals surface area contributed by atoms with Crippen LogP contribution >= 0.6 is 0 Å². The number of hydrogen-bond acceptors (Lipinski definition) is 3. The number of aryl methyl sites for hydroxylation is 1. The Labute approximate surface area is 117 Å². The zero-order chi connectivity index (χ0) is 14.1. The van der Waals surface area contributed by atoms with Gasteiger partial charge in [0, 0.05) is 18.2 Å². The standard InChI is InChI=1S/C16H27NO2/c1-4-17-14(3)15-9-8-13(2)12-16(15)19-11-7-5-6-10-18/h8-9,12,14,17-18H,4-7,10-11H2,1-3H3. The Morgan fingerprint density at radius 1 is 1.26 bits per heavy atom. The van der Waals surface area contributed by atoms with Gasteiger partial charge in [-0.05, 0) is 51.3 Å².